The third kappa shape index (κ3) is 3.26. The number of fused-ring (bicyclic) bond motifs is 1. The molecule has 1 aliphatic heterocycles. The Kier molecular flexibility index (Phi) is 4.33. The van der Waals surface area contributed by atoms with Crippen LogP contribution < -0.4 is 10.0 Å². The molecule has 18 heavy (non-hydrogen) atoms. The Balaban J connectivity index is 2.18. The van der Waals surface area contributed by atoms with Crippen molar-refractivity contribution in [3.8, 4) is 0 Å². The molecule has 0 saturated heterocycles. The number of hydrogen-bond donors (Lipinski definition) is 2. The normalized spacial score (nSPS) is 22.1. The molecule has 2 N–H and O–H groups in total. The van der Waals surface area contributed by atoms with Crippen LogP contribution in [0.3, 0.4) is 0 Å². The number of benzene rings is 1. The highest BCUT2D eigenvalue weighted by molar-refractivity contribution is 7.90. The van der Waals surface area contributed by atoms with Gasteiger partial charge in [0.2, 0.25) is 0 Å². The van der Waals surface area contributed by atoms with Gasteiger partial charge in [0, 0.05) is 17.9 Å². The van der Waals surface area contributed by atoms with Gasteiger partial charge in [0.15, 0.2) is 0 Å². The molecule has 0 aliphatic carbocycles. The number of nitrogens with one attached hydrogen (secondary N) is 2. The van der Waals surface area contributed by atoms with Crippen LogP contribution in [0.25, 0.3) is 0 Å². The smallest absolute Gasteiger partial charge is 0.136 e. The molecule has 1 aromatic rings. The van der Waals surface area contributed by atoms with Gasteiger partial charge in [-0.05, 0) is 44.9 Å². The van der Waals surface area contributed by atoms with Gasteiger partial charge >= 0.3 is 0 Å². The lowest BCUT2D eigenvalue weighted by molar-refractivity contribution is 0.510. The zero-order valence-electron chi connectivity index (χ0n) is 11.3. The van der Waals surface area contributed by atoms with Gasteiger partial charge in [-0.25, -0.2) is 0 Å². The van der Waals surface area contributed by atoms with Crippen molar-refractivity contribution in [2.75, 3.05) is 6.54 Å². The van der Waals surface area contributed by atoms with Crippen molar-refractivity contribution in [1.29, 1.82) is 0 Å². The van der Waals surface area contributed by atoms with Crippen LogP contribution in [0.4, 0.5) is 0 Å². The fraction of sp³-hybridized carbons (Fsp3) is 0.571. The third-order valence-electron chi connectivity index (χ3n) is 3.16. The van der Waals surface area contributed by atoms with Crippen molar-refractivity contribution in [1.82, 2.24) is 10.0 Å². The monoisotopic (exact) mass is 266 g/mol. The molecule has 2 atom stereocenters. The Hall–Kier alpha value is -0.550. The van der Waals surface area contributed by atoms with Crippen LogP contribution >= 0.6 is 0 Å². The van der Waals surface area contributed by atoms with E-state index in [4.69, 9.17) is 0 Å². The summed E-state index contributed by atoms with van der Waals surface area (Å²) in [5.41, 5.74) is 2.58. The average molecular weight is 266 g/mol. The van der Waals surface area contributed by atoms with Gasteiger partial charge in [-0.3, -0.25) is 0 Å². The Morgan fingerprint density at radius 1 is 1.33 bits per heavy atom. The maximum atomic E-state index is 12.2. The average Bonchev–Trinajstić information content (AvgIpc) is 2.51. The third-order valence-corrected chi connectivity index (χ3v) is 4.77. The Labute approximate surface area is 113 Å². The maximum absolute atomic E-state index is 12.2. The molecule has 3 nitrogen and oxygen atoms in total. The summed E-state index contributed by atoms with van der Waals surface area (Å²) in [7, 11) is 0. The lowest BCUT2D eigenvalue weighted by atomic mass is 10.0. The molecular formula is C14H22N2OS. The lowest BCUT2D eigenvalue weighted by Gasteiger charge is -2.28. The summed E-state index contributed by atoms with van der Waals surface area (Å²) in [6.07, 6.45) is 0.971. The molecule has 0 amide bonds. The molecule has 0 radical (unpaired) electrons. The second-order valence-corrected chi connectivity index (χ2v) is 7.71. The van der Waals surface area contributed by atoms with E-state index in [0.29, 0.717) is 0 Å². The summed E-state index contributed by atoms with van der Waals surface area (Å²) < 4.78 is 15.3. The van der Waals surface area contributed by atoms with Gasteiger partial charge in [0.1, 0.15) is 4.75 Å². The predicted octanol–water partition coefficient (Wildman–Crippen LogP) is 2.27. The molecule has 1 unspecified atom stereocenters. The Morgan fingerprint density at radius 3 is 2.78 bits per heavy atom. The van der Waals surface area contributed by atoms with Crippen LogP contribution in [0, 0.1) is 0 Å². The molecule has 0 fully saturated rings. The SMILES string of the molecule is CC(C)(C)[S@@+]([O-])NC1CCNCc2ccccc21. The molecule has 0 aromatic heterocycles. The molecule has 1 aliphatic rings. The summed E-state index contributed by atoms with van der Waals surface area (Å²) in [6, 6.07) is 8.57. The maximum Gasteiger partial charge on any atom is 0.136 e. The highest BCUT2D eigenvalue weighted by Crippen LogP contribution is 2.26. The number of hydrogen-bond acceptors (Lipinski definition) is 3. The molecule has 4 heteroatoms. The van der Waals surface area contributed by atoms with Crippen molar-refractivity contribution in [2.45, 2.75) is 44.5 Å². The first-order chi connectivity index (χ1) is 8.48. The highest BCUT2D eigenvalue weighted by Gasteiger charge is 2.30. The minimum atomic E-state index is -1.03. The van der Waals surface area contributed by atoms with Crippen molar-refractivity contribution < 1.29 is 4.55 Å². The second kappa shape index (κ2) is 5.61. The van der Waals surface area contributed by atoms with Gasteiger partial charge < -0.3 is 9.87 Å². The molecule has 1 aromatic carbocycles. The second-order valence-electron chi connectivity index (χ2n) is 5.72. The zero-order valence-corrected chi connectivity index (χ0v) is 12.1. The largest absolute Gasteiger partial charge is 0.598 e. The van der Waals surface area contributed by atoms with Crippen LogP contribution in [-0.2, 0) is 17.9 Å². The lowest BCUT2D eigenvalue weighted by Crippen LogP contribution is -2.41. The van der Waals surface area contributed by atoms with Gasteiger partial charge in [-0.1, -0.05) is 24.3 Å². The van der Waals surface area contributed by atoms with E-state index in [2.05, 4.69) is 34.3 Å². The minimum absolute atomic E-state index is 0.177. The minimum Gasteiger partial charge on any atom is -0.598 e. The fourth-order valence-corrected chi connectivity index (χ4v) is 2.95. The predicted molar refractivity (Wildman–Crippen MR) is 76.5 cm³/mol. The molecule has 1 heterocycles. The summed E-state index contributed by atoms with van der Waals surface area (Å²) in [4.78, 5) is 0. The van der Waals surface area contributed by atoms with Crippen molar-refractivity contribution in [2.24, 2.45) is 0 Å². The first kappa shape index (κ1) is 13.9. The molecule has 2 rings (SSSR count). The topological polar surface area (TPSA) is 47.1 Å². The number of rotatable bonds is 2. The first-order valence-electron chi connectivity index (χ1n) is 6.45. The summed E-state index contributed by atoms with van der Waals surface area (Å²) in [6.45, 7) is 7.84. The highest BCUT2D eigenvalue weighted by atomic mass is 32.2. The molecular weight excluding hydrogens is 244 g/mol. The van der Waals surface area contributed by atoms with Crippen molar-refractivity contribution in [3.05, 3.63) is 35.4 Å². The Bertz CT molecular complexity index is 403. The molecule has 0 spiro atoms. The molecule has 0 bridgehead atoms. The van der Waals surface area contributed by atoms with Crippen molar-refractivity contribution in [3.63, 3.8) is 0 Å². The first-order valence-corrected chi connectivity index (χ1v) is 7.60. The van der Waals surface area contributed by atoms with E-state index >= 15 is 0 Å². The fourth-order valence-electron chi connectivity index (χ4n) is 2.09. The van der Waals surface area contributed by atoms with Gasteiger partial charge in [0.05, 0.1) is 6.04 Å². The Morgan fingerprint density at radius 2 is 2.06 bits per heavy atom. The quantitative estimate of drug-likeness (QED) is 0.807. The van der Waals surface area contributed by atoms with E-state index in [9.17, 15) is 4.55 Å². The van der Waals surface area contributed by atoms with E-state index in [1.54, 1.807) is 0 Å². The summed E-state index contributed by atoms with van der Waals surface area (Å²) in [5.74, 6) is 0. The van der Waals surface area contributed by atoms with Gasteiger partial charge in [0.25, 0.3) is 0 Å². The van der Waals surface area contributed by atoms with Crippen LogP contribution in [0.2, 0.25) is 0 Å². The van der Waals surface area contributed by atoms with Gasteiger partial charge in [-0.2, -0.15) is 0 Å². The summed E-state index contributed by atoms with van der Waals surface area (Å²) >= 11 is -1.03. The van der Waals surface area contributed by atoms with E-state index in [1.165, 1.54) is 11.1 Å². The molecule has 100 valence electrons. The van der Waals surface area contributed by atoms with E-state index in [1.807, 2.05) is 20.8 Å². The van der Waals surface area contributed by atoms with Crippen molar-refractivity contribution >= 4 is 11.4 Å². The van der Waals surface area contributed by atoms with Crippen LogP contribution in [0.1, 0.15) is 44.4 Å². The van der Waals surface area contributed by atoms with Crippen LogP contribution in [-0.4, -0.2) is 15.8 Å². The van der Waals surface area contributed by atoms with Gasteiger partial charge in [-0.15, -0.1) is 4.72 Å². The van der Waals surface area contributed by atoms with Crippen LogP contribution in [0.5, 0.6) is 0 Å². The van der Waals surface area contributed by atoms with E-state index in [0.717, 1.165) is 19.5 Å². The van der Waals surface area contributed by atoms with E-state index in [-0.39, 0.29) is 10.8 Å². The molecule has 0 saturated carbocycles. The van der Waals surface area contributed by atoms with E-state index < -0.39 is 11.4 Å². The standard InChI is InChI=1S/C14H22N2OS/c1-14(2,3)18(17)16-13-8-9-15-10-11-6-4-5-7-12(11)13/h4-7,13,15-16H,8-10H2,1-3H3/t13?,18-/m1/s1. The summed E-state index contributed by atoms with van der Waals surface area (Å²) in [5, 5.41) is 3.41. The van der Waals surface area contributed by atoms with Crippen LogP contribution in [0.15, 0.2) is 24.3 Å². The zero-order chi connectivity index (χ0) is 13.2.